The zero-order valence-electron chi connectivity index (χ0n) is 18.3. The molecule has 1 heterocycles. The summed E-state index contributed by atoms with van der Waals surface area (Å²) in [7, 11) is 3.39. The number of aliphatic imine (C=N–C) groups is 1. The number of methoxy groups -OCH3 is 1. The molecule has 1 aromatic carbocycles. The Morgan fingerprint density at radius 2 is 1.77 bits per heavy atom. The summed E-state index contributed by atoms with van der Waals surface area (Å²) in [6.07, 6.45) is 6.03. The van der Waals surface area contributed by atoms with Crippen LogP contribution < -0.4 is 15.4 Å². The fourth-order valence-electron chi connectivity index (χ4n) is 5.04. The topological polar surface area (TPSA) is 83.0 Å². The second-order valence-electron chi connectivity index (χ2n) is 8.31. The van der Waals surface area contributed by atoms with Gasteiger partial charge < -0.3 is 15.4 Å². The van der Waals surface area contributed by atoms with E-state index in [0.717, 1.165) is 24.2 Å². The average molecular weight is 538 g/mol. The maximum Gasteiger partial charge on any atom is 0.233 e. The van der Waals surface area contributed by atoms with Gasteiger partial charge in [0, 0.05) is 26.7 Å². The first kappa shape index (κ1) is 23.6. The van der Waals surface area contributed by atoms with Gasteiger partial charge in [0.15, 0.2) is 5.96 Å². The number of guanidine groups is 1. The number of ether oxygens (including phenoxy) is 1. The van der Waals surface area contributed by atoms with Gasteiger partial charge in [-0.1, -0.05) is 24.3 Å². The summed E-state index contributed by atoms with van der Waals surface area (Å²) < 4.78 is 5.38. The number of aryl methyl sites for hydroxylation is 1. The van der Waals surface area contributed by atoms with Gasteiger partial charge in [-0.2, -0.15) is 0 Å². The van der Waals surface area contributed by atoms with Crippen LogP contribution in [0.4, 0.5) is 0 Å². The lowest BCUT2D eigenvalue weighted by atomic mass is 9.85. The van der Waals surface area contributed by atoms with Crippen LogP contribution in [0.5, 0.6) is 5.75 Å². The number of amides is 2. The Kier molecular flexibility index (Phi) is 7.61. The van der Waals surface area contributed by atoms with Crippen molar-refractivity contribution in [3.05, 3.63) is 41.5 Å². The van der Waals surface area contributed by atoms with E-state index in [1.165, 1.54) is 10.5 Å². The quantitative estimate of drug-likeness (QED) is 0.183. The molecule has 8 heteroatoms. The second kappa shape index (κ2) is 10.0. The summed E-state index contributed by atoms with van der Waals surface area (Å²) in [6, 6.07) is 6.21. The molecule has 2 amide bonds. The number of nitrogens with one attached hydrogen (secondary N) is 2. The van der Waals surface area contributed by atoms with Crippen LogP contribution in [-0.4, -0.2) is 56.5 Å². The molecule has 2 bridgehead atoms. The molecule has 0 radical (unpaired) electrons. The van der Waals surface area contributed by atoms with Crippen LogP contribution in [0.2, 0.25) is 0 Å². The van der Waals surface area contributed by atoms with E-state index in [1.54, 1.807) is 14.2 Å². The average Bonchev–Trinajstić information content (AvgIpc) is 3.43. The lowest BCUT2D eigenvalue weighted by Gasteiger charge is -2.18. The van der Waals surface area contributed by atoms with Crippen molar-refractivity contribution in [3.8, 4) is 5.75 Å². The van der Waals surface area contributed by atoms with Crippen LogP contribution >= 0.6 is 24.0 Å². The zero-order valence-corrected chi connectivity index (χ0v) is 20.6. The molecule has 4 rings (SSSR count). The number of halogens is 1. The molecule has 0 spiro atoms. The van der Waals surface area contributed by atoms with Crippen molar-refractivity contribution < 1.29 is 14.3 Å². The highest BCUT2D eigenvalue weighted by Gasteiger charge is 2.58. The van der Waals surface area contributed by atoms with Gasteiger partial charge in [0.1, 0.15) is 5.75 Å². The normalized spacial score (nSPS) is 26.2. The molecular weight excluding hydrogens is 507 g/mol. The molecule has 3 aliphatic rings. The number of allylic oxidation sites excluding steroid dienone is 2. The van der Waals surface area contributed by atoms with Crippen molar-refractivity contribution in [2.45, 2.75) is 19.8 Å². The van der Waals surface area contributed by atoms with E-state index in [9.17, 15) is 9.59 Å². The van der Waals surface area contributed by atoms with Gasteiger partial charge >= 0.3 is 0 Å². The highest BCUT2D eigenvalue weighted by molar-refractivity contribution is 14.0. The third-order valence-electron chi connectivity index (χ3n) is 6.59. The van der Waals surface area contributed by atoms with Gasteiger partial charge in [-0.15, -0.1) is 24.0 Å². The number of fused-ring (bicyclic) bond motifs is 5. The largest absolute Gasteiger partial charge is 0.496 e. The van der Waals surface area contributed by atoms with Crippen molar-refractivity contribution in [1.82, 2.24) is 15.5 Å². The minimum Gasteiger partial charge on any atom is -0.496 e. The fraction of sp³-hybridized carbons (Fsp3) is 0.522. The Labute approximate surface area is 200 Å². The third kappa shape index (κ3) is 4.58. The van der Waals surface area contributed by atoms with Gasteiger partial charge in [-0.05, 0) is 48.8 Å². The molecule has 1 aliphatic heterocycles. The zero-order chi connectivity index (χ0) is 21.3. The summed E-state index contributed by atoms with van der Waals surface area (Å²) >= 11 is 0. The van der Waals surface area contributed by atoms with Gasteiger partial charge in [-0.25, -0.2) is 0 Å². The summed E-state index contributed by atoms with van der Waals surface area (Å²) in [5, 5.41) is 6.49. The Hall–Kier alpha value is -2.10. The van der Waals surface area contributed by atoms with Crippen LogP contribution in [0.15, 0.2) is 35.3 Å². The standard InChI is InChI=1S/C23H30N4O3.HI/c1-14-4-5-15(12-18(14)30-3)8-9-25-23(24-2)26-10-11-27-21(28)19-16-6-7-17(13-16)20(19)22(27)29;/h4-7,12,16-17,19-20H,8-11,13H2,1-3H3,(H2,24,25,26);1H. The number of benzene rings is 1. The number of hydrogen-bond acceptors (Lipinski definition) is 4. The summed E-state index contributed by atoms with van der Waals surface area (Å²) in [4.78, 5) is 31.1. The van der Waals surface area contributed by atoms with E-state index >= 15 is 0 Å². The van der Waals surface area contributed by atoms with Gasteiger partial charge in [0.25, 0.3) is 0 Å². The molecule has 4 atom stereocenters. The molecule has 2 N–H and O–H groups in total. The summed E-state index contributed by atoms with van der Waals surface area (Å²) in [5.74, 6) is 1.81. The number of rotatable bonds is 7. The van der Waals surface area contributed by atoms with Crippen molar-refractivity contribution in [2.24, 2.45) is 28.7 Å². The minimum absolute atomic E-state index is 0. The first-order chi connectivity index (χ1) is 14.5. The third-order valence-corrected chi connectivity index (χ3v) is 6.59. The first-order valence-electron chi connectivity index (χ1n) is 10.6. The number of likely N-dealkylation sites (tertiary alicyclic amines) is 1. The summed E-state index contributed by atoms with van der Waals surface area (Å²) in [6.45, 7) is 3.60. The summed E-state index contributed by atoms with van der Waals surface area (Å²) in [5.41, 5.74) is 2.30. The Bertz CT molecular complexity index is 871. The Morgan fingerprint density at radius 1 is 1.13 bits per heavy atom. The fourth-order valence-corrected chi connectivity index (χ4v) is 5.04. The molecule has 2 aliphatic carbocycles. The van der Waals surface area contributed by atoms with E-state index < -0.39 is 0 Å². The number of nitrogens with zero attached hydrogens (tertiary/aromatic N) is 2. The Morgan fingerprint density at radius 3 is 2.39 bits per heavy atom. The number of carbonyl (C=O) groups is 2. The maximum absolute atomic E-state index is 12.7. The molecule has 4 unspecified atom stereocenters. The van der Waals surface area contributed by atoms with E-state index in [1.807, 2.05) is 6.92 Å². The van der Waals surface area contributed by atoms with Crippen LogP contribution in [0.1, 0.15) is 17.5 Å². The van der Waals surface area contributed by atoms with Crippen molar-refractivity contribution in [1.29, 1.82) is 0 Å². The maximum atomic E-state index is 12.7. The monoisotopic (exact) mass is 538 g/mol. The number of imide groups is 1. The molecule has 1 saturated heterocycles. The molecule has 1 saturated carbocycles. The van der Waals surface area contributed by atoms with Crippen LogP contribution in [-0.2, 0) is 16.0 Å². The predicted octanol–water partition coefficient (Wildman–Crippen LogP) is 2.14. The van der Waals surface area contributed by atoms with Gasteiger partial charge in [0.05, 0.1) is 18.9 Å². The second-order valence-corrected chi connectivity index (χ2v) is 8.31. The molecule has 1 aromatic rings. The van der Waals surface area contributed by atoms with Crippen LogP contribution in [0, 0.1) is 30.6 Å². The van der Waals surface area contributed by atoms with Crippen molar-refractivity contribution in [2.75, 3.05) is 33.8 Å². The first-order valence-corrected chi connectivity index (χ1v) is 10.6. The number of carbonyl (C=O) groups excluding carboxylic acids is 2. The highest BCUT2D eigenvalue weighted by Crippen LogP contribution is 2.52. The highest BCUT2D eigenvalue weighted by atomic mass is 127. The van der Waals surface area contributed by atoms with Crippen molar-refractivity contribution >= 4 is 41.8 Å². The van der Waals surface area contributed by atoms with E-state index in [2.05, 4.69) is 46.0 Å². The predicted molar refractivity (Wildman–Crippen MR) is 131 cm³/mol. The van der Waals surface area contributed by atoms with E-state index in [4.69, 9.17) is 4.74 Å². The lowest BCUT2D eigenvalue weighted by molar-refractivity contribution is -0.140. The van der Waals surface area contributed by atoms with E-state index in [-0.39, 0.29) is 59.5 Å². The van der Waals surface area contributed by atoms with E-state index in [0.29, 0.717) is 25.6 Å². The SMILES string of the molecule is CN=C(NCCc1ccc(C)c(OC)c1)NCCN1C(=O)C2C3C=CC(C3)C2C1=O.I. The van der Waals surface area contributed by atoms with Gasteiger partial charge in [0.2, 0.25) is 11.8 Å². The van der Waals surface area contributed by atoms with Crippen LogP contribution in [0.3, 0.4) is 0 Å². The van der Waals surface area contributed by atoms with Crippen molar-refractivity contribution in [3.63, 3.8) is 0 Å². The molecule has 168 valence electrons. The lowest BCUT2D eigenvalue weighted by Crippen LogP contribution is -2.44. The smallest absolute Gasteiger partial charge is 0.233 e. The minimum atomic E-state index is -0.128. The van der Waals surface area contributed by atoms with Crippen LogP contribution in [0.25, 0.3) is 0 Å². The van der Waals surface area contributed by atoms with Gasteiger partial charge in [-0.3, -0.25) is 19.5 Å². The molecule has 2 fully saturated rings. The molecule has 0 aromatic heterocycles. The molecule has 7 nitrogen and oxygen atoms in total. The number of hydrogen-bond donors (Lipinski definition) is 2. The Balaban J connectivity index is 0.00000272. The molecular formula is C23H31IN4O3. The molecule has 31 heavy (non-hydrogen) atoms.